The first-order chi connectivity index (χ1) is 12.0. The highest BCUT2D eigenvalue weighted by atomic mass is 16.5. The zero-order valence-corrected chi connectivity index (χ0v) is 14.7. The van der Waals surface area contributed by atoms with Crippen LogP contribution in [-0.2, 0) is 13.1 Å². The Morgan fingerprint density at radius 3 is 2.80 bits per heavy atom. The lowest BCUT2D eigenvalue weighted by Crippen LogP contribution is -2.39. The third kappa shape index (κ3) is 3.50. The molecule has 132 valence electrons. The van der Waals surface area contributed by atoms with Crippen LogP contribution in [0.3, 0.4) is 0 Å². The standard InChI is InChI=1S/C18H22N4O3/c1-12(2)19-17(23)14-10-15-18(24)21(8-9-22(15)20-14)11-13-6-4-5-7-16(13)25-3/h4-7,10,12H,8-9,11H2,1-3H3,(H,19,23). The molecule has 1 aromatic heterocycles. The van der Waals surface area contributed by atoms with Crippen molar-refractivity contribution >= 4 is 11.8 Å². The molecule has 2 heterocycles. The summed E-state index contributed by atoms with van der Waals surface area (Å²) in [5.41, 5.74) is 1.66. The van der Waals surface area contributed by atoms with Gasteiger partial charge in [0.25, 0.3) is 11.8 Å². The Labute approximate surface area is 146 Å². The quantitative estimate of drug-likeness (QED) is 0.897. The predicted molar refractivity (Wildman–Crippen MR) is 92.6 cm³/mol. The number of ether oxygens (including phenoxy) is 1. The van der Waals surface area contributed by atoms with Crippen LogP contribution in [0.2, 0.25) is 0 Å². The molecule has 1 aromatic carbocycles. The molecule has 1 aliphatic heterocycles. The minimum atomic E-state index is -0.263. The van der Waals surface area contributed by atoms with Gasteiger partial charge in [-0.2, -0.15) is 5.10 Å². The zero-order chi connectivity index (χ0) is 18.0. The predicted octanol–water partition coefficient (Wildman–Crippen LogP) is 1.69. The minimum Gasteiger partial charge on any atom is -0.496 e. The number of rotatable bonds is 5. The Balaban J connectivity index is 1.79. The summed E-state index contributed by atoms with van der Waals surface area (Å²) in [6, 6.07) is 9.22. The Morgan fingerprint density at radius 1 is 1.32 bits per heavy atom. The van der Waals surface area contributed by atoms with E-state index in [1.165, 1.54) is 0 Å². The van der Waals surface area contributed by atoms with Crippen molar-refractivity contribution < 1.29 is 14.3 Å². The molecule has 0 unspecified atom stereocenters. The van der Waals surface area contributed by atoms with E-state index in [0.717, 1.165) is 11.3 Å². The summed E-state index contributed by atoms with van der Waals surface area (Å²) in [6.07, 6.45) is 0. The third-order valence-corrected chi connectivity index (χ3v) is 4.07. The third-order valence-electron chi connectivity index (χ3n) is 4.07. The van der Waals surface area contributed by atoms with Gasteiger partial charge in [0.1, 0.15) is 11.4 Å². The molecule has 3 rings (SSSR count). The fraction of sp³-hybridized carbons (Fsp3) is 0.389. The maximum absolute atomic E-state index is 12.8. The van der Waals surface area contributed by atoms with Crippen LogP contribution in [0.1, 0.15) is 40.4 Å². The lowest BCUT2D eigenvalue weighted by molar-refractivity contribution is 0.0681. The Bertz CT molecular complexity index is 797. The number of amides is 2. The summed E-state index contributed by atoms with van der Waals surface area (Å²) >= 11 is 0. The van der Waals surface area contributed by atoms with Crippen LogP contribution < -0.4 is 10.1 Å². The van der Waals surface area contributed by atoms with Crippen LogP contribution in [0.5, 0.6) is 5.75 Å². The van der Waals surface area contributed by atoms with Gasteiger partial charge in [-0.1, -0.05) is 18.2 Å². The Kier molecular flexibility index (Phi) is 4.74. The molecule has 25 heavy (non-hydrogen) atoms. The molecule has 0 saturated carbocycles. The van der Waals surface area contributed by atoms with E-state index in [1.807, 2.05) is 38.1 Å². The summed E-state index contributed by atoms with van der Waals surface area (Å²) in [6.45, 7) is 5.32. The second-order valence-electron chi connectivity index (χ2n) is 6.30. The van der Waals surface area contributed by atoms with Crippen molar-refractivity contribution in [3.63, 3.8) is 0 Å². The van der Waals surface area contributed by atoms with Crippen LogP contribution in [0.25, 0.3) is 0 Å². The van der Waals surface area contributed by atoms with E-state index in [-0.39, 0.29) is 23.6 Å². The van der Waals surface area contributed by atoms with E-state index in [0.29, 0.717) is 25.3 Å². The fourth-order valence-electron chi connectivity index (χ4n) is 2.88. The number of hydrogen-bond acceptors (Lipinski definition) is 4. The topological polar surface area (TPSA) is 76.5 Å². The number of carbonyl (C=O) groups excluding carboxylic acids is 2. The molecule has 7 heteroatoms. The first kappa shape index (κ1) is 17.0. The van der Waals surface area contributed by atoms with Gasteiger partial charge in [-0.3, -0.25) is 14.3 Å². The highest BCUT2D eigenvalue weighted by Crippen LogP contribution is 2.22. The summed E-state index contributed by atoms with van der Waals surface area (Å²) in [5, 5.41) is 7.05. The zero-order valence-electron chi connectivity index (χ0n) is 14.7. The monoisotopic (exact) mass is 342 g/mol. The molecular weight excluding hydrogens is 320 g/mol. The lowest BCUT2D eigenvalue weighted by atomic mass is 10.1. The number of hydrogen-bond donors (Lipinski definition) is 1. The summed E-state index contributed by atoms with van der Waals surface area (Å²) in [7, 11) is 1.62. The van der Waals surface area contributed by atoms with Crippen molar-refractivity contribution in [1.82, 2.24) is 20.0 Å². The molecule has 0 radical (unpaired) electrons. The summed E-state index contributed by atoms with van der Waals surface area (Å²) < 4.78 is 6.96. The van der Waals surface area contributed by atoms with E-state index < -0.39 is 0 Å². The van der Waals surface area contributed by atoms with Gasteiger partial charge in [0.2, 0.25) is 0 Å². The molecule has 0 bridgehead atoms. The van der Waals surface area contributed by atoms with E-state index in [1.54, 1.807) is 22.8 Å². The second kappa shape index (κ2) is 6.96. The van der Waals surface area contributed by atoms with Gasteiger partial charge in [0, 0.05) is 30.8 Å². The van der Waals surface area contributed by atoms with E-state index in [2.05, 4.69) is 10.4 Å². The first-order valence-electron chi connectivity index (χ1n) is 8.29. The fourth-order valence-corrected chi connectivity index (χ4v) is 2.88. The highest BCUT2D eigenvalue weighted by molar-refractivity contribution is 5.98. The van der Waals surface area contributed by atoms with Gasteiger partial charge in [-0.25, -0.2) is 0 Å². The summed E-state index contributed by atoms with van der Waals surface area (Å²) in [4.78, 5) is 26.6. The average Bonchev–Trinajstić information content (AvgIpc) is 3.02. The maximum Gasteiger partial charge on any atom is 0.272 e. The first-order valence-corrected chi connectivity index (χ1v) is 8.29. The molecular formula is C18H22N4O3. The number of benzene rings is 1. The lowest BCUT2D eigenvalue weighted by Gasteiger charge is -2.28. The molecule has 2 amide bonds. The molecule has 0 spiro atoms. The van der Waals surface area contributed by atoms with Gasteiger partial charge in [0.05, 0.1) is 13.7 Å². The number of aromatic nitrogens is 2. The summed E-state index contributed by atoms with van der Waals surface area (Å²) in [5.74, 6) is 0.362. The van der Waals surface area contributed by atoms with Crippen molar-refractivity contribution in [3.8, 4) is 5.75 Å². The van der Waals surface area contributed by atoms with E-state index in [4.69, 9.17) is 4.74 Å². The normalized spacial score (nSPS) is 13.8. The molecule has 1 aliphatic rings. The molecule has 0 fully saturated rings. The van der Waals surface area contributed by atoms with Gasteiger partial charge in [-0.15, -0.1) is 0 Å². The van der Waals surface area contributed by atoms with Crippen molar-refractivity contribution in [2.45, 2.75) is 33.0 Å². The van der Waals surface area contributed by atoms with Crippen molar-refractivity contribution in [1.29, 1.82) is 0 Å². The number of nitrogens with zero attached hydrogens (tertiary/aromatic N) is 3. The van der Waals surface area contributed by atoms with Gasteiger partial charge >= 0.3 is 0 Å². The maximum atomic E-state index is 12.8. The smallest absolute Gasteiger partial charge is 0.272 e. The van der Waals surface area contributed by atoms with Crippen molar-refractivity contribution in [2.75, 3.05) is 13.7 Å². The van der Waals surface area contributed by atoms with Gasteiger partial charge < -0.3 is 15.0 Å². The average molecular weight is 342 g/mol. The van der Waals surface area contributed by atoms with E-state index in [9.17, 15) is 9.59 Å². The number of para-hydroxylation sites is 1. The molecule has 1 N–H and O–H groups in total. The second-order valence-corrected chi connectivity index (χ2v) is 6.30. The molecule has 0 saturated heterocycles. The molecule has 7 nitrogen and oxygen atoms in total. The van der Waals surface area contributed by atoms with Crippen LogP contribution in [0.4, 0.5) is 0 Å². The number of fused-ring (bicyclic) bond motifs is 1. The molecule has 0 atom stereocenters. The SMILES string of the molecule is COc1ccccc1CN1CCn2nc(C(=O)NC(C)C)cc2C1=O. The van der Waals surface area contributed by atoms with Crippen LogP contribution >= 0.6 is 0 Å². The van der Waals surface area contributed by atoms with E-state index >= 15 is 0 Å². The molecule has 0 aliphatic carbocycles. The minimum absolute atomic E-state index is 0.0176. The number of carbonyl (C=O) groups is 2. The Hall–Kier alpha value is -2.83. The number of nitrogens with one attached hydrogen (secondary N) is 1. The van der Waals surface area contributed by atoms with Crippen LogP contribution in [0, 0.1) is 0 Å². The van der Waals surface area contributed by atoms with Crippen molar-refractivity contribution in [3.05, 3.63) is 47.3 Å². The van der Waals surface area contributed by atoms with Gasteiger partial charge in [-0.05, 0) is 19.9 Å². The number of methoxy groups -OCH3 is 1. The molecule has 2 aromatic rings. The largest absolute Gasteiger partial charge is 0.496 e. The Morgan fingerprint density at radius 2 is 2.08 bits per heavy atom. The highest BCUT2D eigenvalue weighted by Gasteiger charge is 2.28. The van der Waals surface area contributed by atoms with Crippen LogP contribution in [-0.4, -0.2) is 46.2 Å². The van der Waals surface area contributed by atoms with Crippen LogP contribution in [0.15, 0.2) is 30.3 Å². The van der Waals surface area contributed by atoms with Gasteiger partial charge in [0.15, 0.2) is 5.69 Å². The van der Waals surface area contributed by atoms with Crippen molar-refractivity contribution in [2.24, 2.45) is 0 Å².